The van der Waals surface area contributed by atoms with E-state index in [2.05, 4.69) is 51.7 Å². The van der Waals surface area contributed by atoms with Crippen molar-refractivity contribution in [2.45, 2.75) is 101 Å². The van der Waals surface area contributed by atoms with Crippen molar-refractivity contribution in [3.05, 3.63) is 0 Å². The molecule has 2 aliphatic rings. The van der Waals surface area contributed by atoms with Gasteiger partial charge in [0.05, 0.1) is 11.5 Å². The number of hydrogen-bond donors (Lipinski definition) is 0. The molecule has 0 saturated heterocycles. The number of nitrogens with zero attached hydrogens (tertiary/aromatic N) is 2. The van der Waals surface area contributed by atoms with Gasteiger partial charge < -0.3 is 9.47 Å². The number of carbonyl (C=O) groups excluding carboxylic acids is 2. The van der Waals surface area contributed by atoms with Crippen molar-refractivity contribution in [1.29, 1.82) is 0 Å². The van der Waals surface area contributed by atoms with Crippen LogP contribution in [-0.2, 0) is 19.1 Å². The van der Waals surface area contributed by atoms with Crippen LogP contribution in [0.1, 0.15) is 80.1 Å². The fourth-order valence-electron chi connectivity index (χ4n) is 5.46. The lowest BCUT2D eigenvalue weighted by Crippen LogP contribution is -2.36. The van der Waals surface area contributed by atoms with Crippen LogP contribution in [-0.4, -0.2) is 45.8 Å². The molecule has 3 rings (SSSR count). The van der Waals surface area contributed by atoms with Gasteiger partial charge in [-0.25, -0.2) is 0 Å². The topological polar surface area (TPSA) is 78.4 Å². The van der Waals surface area contributed by atoms with Crippen molar-refractivity contribution in [3.63, 3.8) is 0 Å². The minimum Gasteiger partial charge on any atom is -0.461 e. The highest BCUT2D eigenvalue weighted by molar-refractivity contribution is 8.03. The number of esters is 2. The average molecular weight is 543 g/mol. The highest BCUT2D eigenvalue weighted by Crippen LogP contribution is 2.37. The molecule has 0 unspecified atom stereocenters. The molecule has 2 aliphatic carbocycles. The molecule has 6 nitrogen and oxygen atoms in total. The average Bonchev–Trinajstić information content (AvgIpc) is 3.24. The minimum absolute atomic E-state index is 0.0147. The molecule has 2 fully saturated rings. The van der Waals surface area contributed by atoms with Gasteiger partial charge in [0, 0.05) is 0 Å². The Hall–Kier alpha value is -0.800. The lowest BCUT2D eigenvalue weighted by molar-refractivity contribution is -0.153. The van der Waals surface area contributed by atoms with E-state index < -0.39 is 0 Å². The molecule has 9 heteroatoms. The van der Waals surface area contributed by atoms with Crippen molar-refractivity contribution >= 4 is 46.8 Å². The van der Waals surface area contributed by atoms with Crippen molar-refractivity contribution in [3.8, 4) is 0 Å². The number of carbonyl (C=O) groups is 2. The summed E-state index contributed by atoms with van der Waals surface area (Å²) in [5.74, 6) is 3.20. The van der Waals surface area contributed by atoms with Crippen LogP contribution in [0.25, 0.3) is 0 Å². The molecule has 0 aliphatic heterocycles. The van der Waals surface area contributed by atoms with Crippen molar-refractivity contribution < 1.29 is 19.1 Å². The Morgan fingerprint density at radius 1 is 0.800 bits per heavy atom. The molecule has 198 valence electrons. The van der Waals surface area contributed by atoms with Gasteiger partial charge in [-0.1, -0.05) is 89.2 Å². The van der Waals surface area contributed by atoms with Gasteiger partial charge in [0.15, 0.2) is 8.68 Å². The van der Waals surface area contributed by atoms with Gasteiger partial charge in [-0.15, -0.1) is 10.2 Å². The van der Waals surface area contributed by atoms with E-state index in [-0.39, 0.29) is 35.7 Å². The lowest BCUT2D eigenvalue weighted by atomic mass is 9.75. The maximum absolute atomic E-state index is 12.5. The quantitative estimate of drug-likeness (QED) is 0.238. The summed E-state index contributed by atoms with van der Waals surface area (Å²) >= 11 is 4.12. The lowest BCUT2D eigenvalue weighted by Gasteiger charge is -2.36. The molecule has 0 amide bonds. The van der Waals surface area contributed by atoms with Gasteiger partial charge in [0.25, 0.3) is 0 Å². The summed E-state index contributed by atoms with van der Waals surface area (Å²) in [5, 5.41) is 8.36. The predicted octanol–water partition coefficient (Wildman–Crippen LogP) is 6.73. The highest BCUT2D eigenvalue weighted by atomic mass is 32.2. The molecule has 0 spiro atoms. The minimum atomic E-state index is -0.186. The predicted molar refractivity (Wildman–Crippen MR) is 144 cm³/mol. The number of ether oxygens (including phenoxy) is 2. The third-order valence-electron chi connectivity index (χ3n) is 7.50. The normalized spacial score (nSPS) is 29.4. The van der Waals surface area contributed by atoms with Crippen LogP contribution in [0.2, 0.25) is 0 Å². The molecule has 0 bridgehead atoms. The first-order valence-electron chi connectivity index (χ1n) is 13.1. The first-order chi connectivity index (χ1) is 16.6. The van der Waals surface area contributed by atoms with E-state index in [1.807, 2.05) is 0 Å². The fourth-order valence-corrected chi connectivity index (χ4v) is 8.05. The van der Waals surface area contributed by atoms with Crippen molar-refractivity contribution in [2.24, 2.45) is 35.5 Å². The van der Waals surface area contributed by atoms with E-state index in [0.717, 1.165) is 34.4 Å². The SMILES string of the molecule is CC(C)[C@H]1CC[C@@H](C)C[C@H]1OC(=O)CSc1nnc(SCC(=O)O[C@@H]2C[C@@H](C)CC[C@@H]2C(C)C)s1. The molecular formula is C26H42N2O4S3. The second-order valence-electron chi connectivity index (χ2n) is 11.1. The van der Waals surface area contributed by atoms with E-state index in [0.29, 0.717) is 35.5 Å². The van der Waals surface area contributed by atoms with Crippen molar-refractivity contribution in [1.82, 2.24) is 10.2 Å². The summed E-state index contributed by atoms with van der Waals surface area (Å²) < 4.78 is 13.2. The fraction of sp³-hybridized carbons (Fsp3) is 0.846. The second-order valence-corrected chi connectivity index (χ2v) is 14.5. The van der Waals surface area contributed by atoms with Crippen molar-refractivity contribution in [2.75, 3.05) is 11.5 Å². The largest absolute Gasteiger partial charge is 0.461 e. The van der Waals surface area contributed by atoms with Crippen LogP contribution in [0, 0.1) is 35.5 Å². The molecule has 0 aromatic carbocycles. The zero-order valence-electron chi connectivity index (χ0n) is 22.0. The molecule has 1 aromatic rings. The third kappa shape index (κ3) is 8.92. The second kappa shape index (κ2) is 13.7. The Bertz CT molecular complexity index is 767. The molecular weight excluding hydrogens is 500 g/mol. The Morgan fingerprint density at radius 2 is 1.20 bits per heavy atom. The Balaban J connectivity index is 1.41. The number of thioether (sulfide) groups is 2. The zero-order chi connectivity index (χ0) is 25.5. The standard InChI is InChI=1S/C26H42N2O4S3/c1-15(2)19-9-7-17(5)11-21(19)31-23(29)13-33-25-27-28-26(35-25)34-14-24(30)32-22-12-18(6)8-10-20(22)16(3)4/h15-22H,7-14H2,1-6H3/t17-,18+,19-,20-,21-,22-/m1/s1. The molecule has 0 N–H and O–H groups in total. The Labute approximate surface area is 223 Å². The summed E-state index contributed by atoms with van der Waals surface area (Å²) in [7, 11) is 0. The monoisotopic (exact) mass is 542 g/mol. The van der Waals surface area contributed by atoms with E-state index in [1.165, 1.54) is 47.7 Å². The molecule has 2 saturated carbocycles. The molecule has 6 atom stereocenters. The first kappa shape index (κ1) is 28.8. The maximum atomic E-state index is 12.5. The van der Waals surface area contributed by atoms with Gasteiger partial charge in [-0.3, -0.25) is 9.59 Å². The smallest absolute Gasteiger partial charge is 0.316 e. The first-order valence-corrected chi connectivity index (χ1v) is 15.9. The summed E-state index contributed by atoms with van der Waals surface area (Å²) in [6.07, 6.45) is 6.61. The number of aromatic nitrogens is 2. The van der Waals surface area contributed by atoms with Crippen LogP contribution in [0.4, 0.5) is 0 Å². The van der Waals surface area contributed by atoms with Crippen LogP contribution in [0.5, 0.6) is 0 Å². The van der Waals surface area contributed by atoms with Gasteiger partial charge in [0.2, 0.25) is 0 Å². The Kier molecular flexibility index (Phi) is 11.2. The summed E-state index contributed by atoms with van der Waals surface area (Å²) in [4.78, 5) is 25.0. The van der Waals surface area contributed by atoms with Crippen LogP contribution in [0.3, 0.4) is 0 Å². The van der Waals surface area contributed by atoms with Crippen LogP contribution < -0.4 is 0 Å². The van der Waals surface area contributed by atoms with E-state index in [1.54, 1.807) is 0 Å². The van der Waals surface area contributed by atoms with Gasteiger partial charge in [-0.05, 0) is 61.2 Å². The van der Waals surface area contributed by atoms with Crippen LogP contribution in [0.15, 0.2) is 8.68 Å². The number of rotatable bonds is 10. The van der Waals surface area contributed by atoms with E-state index >= 15 is 0 Å². The number of hydrogen-bond acceptors (Lipinski definition) is 9. The third-order valence-corrected chi connectivity index (χ3v) is 10.6. The Morgan fingerprint density at radius 3 is 1.57 bits per heavy atom. The zero-order valence-corrected chi connectivity index (χ0v) is 24.5. The summed E-state index contributed by atoms with van der Waals surface area (Å²) in [5.41, 5.74) is 0. The highest BCUT2D eigenvalue weighted by Gasteiger charge is 2.34. The van der Waals surface area contributed by atoms with E-state index in [4.69, 9.17) is 9.47 Å². The molecule has 0 radical (unpaired) electrons. The molecule has 35 heavy (non-hydrogen) atoms. The van der Waals surface area contributed by atoms with Crippen LogP contribution >= 0.6 is 34.9 Å². The maximum Gasteiger partial charge on any atom is 0.316 e. The van der Waals surface area contributed by atoms with E-state index in [9.17, 15) is 9.59 Å². The van der Waals surface area contributed by atoms with Gasteiger partial charge in [0.1, 0.15) is 12.2 Å². The van der Waals surface area contributed by atoms with Gasteiger partial charge >= 0.3 is 11.9 Å². The molecule has 1 aromatic heterocycles. The summed E-state index contributed by atoms with van der Waals surface area (Å²) in [6.45, 7) is 13.3. The van der Waals surface area contributed by atoms with Gasteiger partial charge in [-0.2, -0.15) is 0 Å². The summed E-state index contributed by atoms with van der Waals surface area (Å²) in [6, 6.07) is 0. The molecule has 1 heterocycles.